The summed E-state index contributed by atoms with van der Waals surface area (Å²) in [5.74, 6) is -0.310. The van der Waals surface area contributed by atoms with E-state index in [0.717, 1.165) is 10.0 Å². The number of ether oxygens (including phenoxy) is 2. The largest absolute Gasteiger partial charge is 0.467 e. The van der Waals surface area contributed by atoms with Crippen molar-refractivity contribution in [3.05, 3.63) is 34.3 Å². The number of epoxide rings is 1. The number of benzene rings is 1. The summed E-state index contributed by atoms with van der Waals surface area (Å²) in [4.78, 5) is 11.1. The summed E-state index contributed by atoms with van der Waals surface area (Å²) >= 11 is 3.36. The van der Waals surface area contributed by atoms with Crippen molar-refractivity contribution in [1.82, 2.24) is 0 Å². The molecule has 4 heteroatoms. The van der Waals surface area contributed by atoms with Crippen LogP contribution in [0.15, 0.2) is 28.7 Å². The monoisotopic (exact) mass is 256 g/mol. The molecule has 0 unspecified atom stereocenters. The Bertz CT molecular complexity index is 364. The summed E-state index contributed by atoms with van der Waals surface area (Å²) in [6.07, 6.45) is -0.561. The number of methoxy groups -OCH3 is 1. The minimum atomic E-state index is -0.422. The number of rotatable bonds is 2. The van der Waals surface area contributed by atoms with E-state index in [4.69, 9.17) is 4.74 Å². The maximum atomic E-state index is 11.1. The number of hydrogen-bond acceptors (Lipinski definition) is 3. The molecule has 0 radical (unpaired) electrons. The van der Waals surface area contributed by atoms with Crippen molar-refractivity contribution in [1.29, 1.82) is 0 Å². The lowest BCUT2D eigenvalue weighted by Crippen LogP contribution is -2.09. The van der Waals surface area contributed by atoms with E-state index >= 15 is 0 Å². The van der Waals surface area contributed by atoms with Gasteiger partial charge in [-0.05, 0) is 17.7 Å². The number of hydrogen-bond donors (Lipinski definition) is 0. The Labute approximate surface area is 90.1 Å². The summed E-state index contributed by atoms with van der Waals surface area (Å²) in [6, 6.07) is 7.71. The average Bonchev–Trinajstić information content (AvgIpc) is 2.96. The summed E-state index contributed by atoms with van der Waals surface area (Å²) in [5.41, 5.74) is 0.995. The molecule has 1 saturated heterocycles. The molecule has 0 aromatic heterocycles. The third-order valence-electron chi connectivity index (χ3n) is 2.10. The molecule has 1 aromatic rings. The van der Waals surface area contributed by atoms with Crippen LogP contribution in [-0.4, -0.2) is 19.2 Å². The Morgan fingerprint density at radius 1 is 1.57 bits per heavy atom. The van der Waals surface area contributed by atoms with E-state index in [-0.39, 0.29) is 12.1 Å². The second kappa shape index (κ2) is 3.71. The number of halogens is 1. The molecule has 0 N–H and O–H groups in total. The molecule has 74 valence electrons. The molecule has 1 aliphatic rings. The maximum absolute atomic E-state index is 11.1. The van der Waals surface area contributed by atoms with E-state index < -0.39 is 6.10 Å². The Morgan fingerprint density at radius 3 is 3.00 bits per heavy atom. The number of carbonyl (C=O) groups excluding carboxylic acids is 1. The van der Waals surface area contributed by atoms with Crippen LogP contribution < -0.4 is 0 Å². The van der Waals surface area contributed by atoms with Gasteiger partial charge < -0.3 is 9.47 Å². The van der Waals surface area contributed by atoms with E-state index in [2.05, 4.69) is 20.7 Å². The molecule has 1 aliphatic heterocycles. The summed E-state index contributed by atoms with van der Waals surface area (Å²) < 4.78 is 10.8. The van der Waals surface area contributed by atoms with Crippen LogP contribution in [0.5, 0.6) is 0 Å². The van der Waals surface area contributed by atoms with Gasteiger partial charge in [0, 0.05) is 4.47 Å². The smallest absolute Gasteiger partial charge is 0.338 e. The van der Waals surface area contributed by atoms with Gasteiger partial charge in [0.05, 0.1) is 7.11 Å². The molecule has 2 rings (SSSR count). The molecular formula is C10H9BrO3. The second-order valence-electron chi connectivity index (χ2n) is 3.06. The molecule has 0 spiro atoms. The Kier molecular flexibility index (Phi) is 2.56. The van der Waals surface area contributed by atoms with Crippen LogP contribution in [0.2, 0.25) is 0 Å². The zero-order chi connectivity index (χ0) is 10.1. The van der Waals surface area contributed by atoms with Crippen LogP contribution in [0.25, 0.3) is 0 Å². The predicted octanol–water partition coefficient (Wildman–Crippen LogP) is 2.06. The van der Waals surface area contributed by atoms with Crippen molar-refractivity contribution in [2.24, 2.45) is 0 Å². The van der Waals surface area contributed by atoms with Gasteiger partial charge in [0.25, 0.3) is 0 Å². The summed E-state index contributed by atoms with van der Waals surface area (Å²) in [7, 11) is 1.36. The molecule has 0 amide bonds. The Hall–Kier alpha value is -0.870. The summed E-state index contributed by atoms with van der Waals surface area (Å²) in [5, 5.41) is 0. The first kappa shape index (κ1) is 9.68. The van der Waals surface area contributed by atoms with Gasteiger partial charge in [0.15, 0.2) is 6.10 Å². The van der Waals surface area contributed by atoms with Crippen molar-refractivity contribution in [2.45, 2.75) is 12.2 Å². The van der Waals surface area contributed by atoms with Crippen LogP contribution in [0.4, 0.5) is 0 Å². The fourth-order valence-electron chi connectivity index (χ4n) is 1.34. The first-order valence-electron chi connectivity index (χ1n) is 4.21. The average molecular weight is 257 g/mol. The lowest BCUT2D eigenvalue weighted by atomic mass is 10.1. The second-order valence-corrected chi connectivity index (χ2v) is 3.97. The van der Waals surface area contributed by atoms with Crippen LogP contribution in [-0.2, 0) is 14.3 Å². The molecule has 0 bridgehead atoms. The predicted molar refractivity (Wildman–Crippen MR) is 53.8 cm³/mol. The first-order chi connectivity index (χ1) is 6.72. The molecule has 14 heavy (non-hydrogen) atoms. The number of carbonyl (C=O) groups is 1. The topological polar surface area (TPSA) is 38.8 Å². The van der Waals surface area contributed by atoms with E-state index in [1.54, 1.807) is 0 Å². The molecule has 1 aromatic carbocycles. The lowest BCUT2D eigenvalue weighted by molar-refractivity contribution is -0.142. The zero-order valence-electron chi connectivity index (χ0n) is 7.57. The van der Waals surface area contributed by atoms with Crippen LogP contribution in [0.1, 0.15) is 11.7 Å². The van der Waals surface area contributed by atoms with Crippen LogP contribution in [0, 0.1) is 0 Å². The fraction of sp³-hybridized carbons (Fsp3) is 0.300. The van der Waals surface area contributed by atoms with Crippen molar-refractivity contribution in [3.8, 4) is 0 Å². The van der Waals surface area contributed by atoms with E-state index in [0.29, 0.717) is 0 Å². The van der Waals surface area contributed by atoms with Gasteiger partial charge in [0.1, 0.15) is 6.10 Å². The molecule has 0 aliphatic carbocycles. The highest BCUT2D eigenvalue weighted by molar-refractivity contribution is 9.10. The first-order valence-corrected chi connectivity index (χ1v) is 5.00. The SMILES string of the molecule is COC(=O)[C@H]1O[C@@H]1c1cccc(Br)c1. The molecule has 3 nitrogen and oxygen atoms in total. The Morgan fingerprint density at radius 2 is 2.36 bits per heavy atom. The zero-order valence-corrected chi connectivity index (χ0v) is 9.15. The van der Waals surface area contributed by atoms with Crippen molar-refractivity contribution in [3.63, 3.8) is 0 Å². The van der Waals surface area contributed by atoms with Crippen molar-refractivity contribution >= 4 is 21.9 Å². The normalized spacial score (nSPS) is 24.4. The van der Waals surface area contributed by atoms with Gasteiger partial charge in [-0.25, -0.2) is 4.79 Å². The third-order valence-corrected chi connectivity index (χ3v) is 2.60. The van der Waals surface area contributed by atoms with Crippen molar-refractivity contribution in [2.75, 3.05) is 7.11 Å². The highest BCUT2D eigenvalue weighted by Gasteiger charge is 2.47. The minimum absolute atomic E-state index is 0.139. The highest BCUT2D eigenvalue weighted by atomic mass is 79.9. The molecule has 2 atom stereocenters. The van der Waals surface area contributed by atoms with Crippen LogP contribution in [0.3, 0.4) is 0 Å². The van der Waals surface area contributed by atoms with Crippen molar-refractivity contribution < 1.29 is 14.3 Å². The van der Waals surface area contributed by atoms with Gasteiger partial charge >= 0.3 is 5.97 Å². The van der Waals surface area contributed by atoms with E-state index in [1.807, 2.05) is 24.3 Å². The molecule has 1 fully saturated rings. The number of esters is 1. The summed E-state index contributed by atoms with van der Waals surface area (Å²) in [6.45, 7) is 0. The minimum Gasteiger partial charge on any atom is -0.467 e. The van der Waals surface area contributed by atoms with E-state index in [9.17, 15) is 4.79 Å². The van der Waals surface area contributed by atoms with Gasteiger partial charge in [-0.2, -0.15) is 0 Å². The van der Waals surface area contributed by atoms with Gasteiger partial charge in [-0.1, -0.05) is 28.1 Å². The maximum Gasteiger partial charge on any atom is 0.338 e. The van der Waals surface area contributed by atoms with Crippen LogP contribution >= 0.6 is 15.9 Å². The third kappa shape index (κ3) is 1.81. The standard InChI is InChI=1S/C10H9BrO3/c1-13-10(12)9-8(14-9)6-3-2-4-7(11)5-6/h2-5,8-9H,1H3/t8-,9+/m1/s1. The van der Waals surface area contributed by atoms with Gasteiger partial charge in [-0.15, -0.1) is 0 Å². The quantitative estimate of drug-likeness (QED) is 0.601. The molecule has 1 heterocycles. The van der Waals surface area contributed by atoms with Gasteiger partial charge in [-0.3, -0.25) is 0 Å². The molecular weight excluding hydrogens is 248 g/mol. The fourth-order valence-corrected chi connectivity index (χ4v) is 1.76. The lowest BCUT2D eigenvalue weighted by Gasteiger charge is -1.96. The van der Waals surface area contributed by atoms with E-state index in [1.165, 1.54) is 7.11 Å². The Balaban J connectivity index is 2.09. The highest BCUT2D eigenvalue weighted by Crippen LogP contribution is 2.39. The molecule has 0 saturated carbocycles. The van der Waals surface area contributed by atoms with Gasteiger partial charge in [0.2, 0.25) is 0 Å².